The molecule has 1 aromatic carbocycles. The monoisotopic (exact) mass is 232 g/mol. The Labute approximate surface area is 88.5 Å². The lowest BCUT2D eigenvalue weighted by molar-refractivity contribution is 0.179. The van der Waals surface area contributed by atoms with Gasteiger partial charge in [0.25, 0.3) is 0 Å². The molecule has 1 rings (SSSR count). The van der Waals surface area contributed by atoms with Gasteiger partial charge in [0.1, 0.15) is 6.17 Å². The van der Waals surface area contributed by atoms with E-state index in [1.54, 1.807) is 0 Å². The van der Waals surface area contributed by atoms with Crippen molar-refractivity contribution in [3.05, 3.63) is 29.8 Å². The summed E-state index contributed by atoms with van der Waals surface area (Å²) < 4.78 is 36.0. The third kappa shape index (κ3) is 2.76. The average Bonchev–Trinajstić information content (AvgIpc) is 2.28. The smallest absolute Gasteiger partial charge is 0.178 e. The van der Waals surface area contributed by atoms with Gasteiger partial charge in [0.2, 0.25) is 0 Å². The lowest BCUT2D eigenvalue weighted by Crippen LogP contribution is -2.05. The number of hydrogen-bond acceptors (Lipinski definition) is 3. The molecule has 1 aromatic rings. The quantitative estimate of drug-likeness (QED) is 0.855. The summed E-state index contributed by atoms with van der Waals surface area (Å²) in [6.07, 6.45) is -1.53. The van der Waals surface area contributed by atoms with Crippen molar-refractivity contribution in [1.29, 1.82) is 0 Å². The van der Waals surface area contributed by atoms with Gasteiger partial charge in [0.05, 0.1) is 17.3 Å². The van der Waals surface area contributed by atoms with Crippen molar-refractivity contribution in [1.82, 2.24) is 0 Å². The number of halogens is 1. The molecule has 0 bridgehead atoms. The van der Waals surface area contributed by atoms with Gasteiger partial charge in [0.15, 0.2) is 9.84 Å². The van der Waals surface area contributed by atoms with Crippen LogP contribution in [0.4, 0.5) is 4.39 Å². The fraction of sp³-hybridized carbons (Fsp3) is 0.400. The summed E-state index contributed by atoms with van der Waals surface area (Å²) in [6, 6.07) is 5.61. The topological polar surface area (TPSA) is 54.4 Å². The average molecular weight is 232 g/mol. The number of sulfone groups is 1. The number of hydrogen-bond donors (Lipinski definition) is 1. The minimum absolute atomic E-state index is 0.0213. The molecule has 84 valence electrons. The molecule has 3 nitrogen and oxygen atoms in total. The van der Waals surface area contributed by atoms with E-state index in [9.17, 15) is 12.8 Å². The highest BCUT2D eigenvalue weighted by Gasteiger charge is 2.14. The molecule has 1 unspecified atom stereocenters. The van der Waals surface area contributed by atoms with Crippen LogP contribution in [0.2, 0.25) is 0 Å². The zero-order valence-corrected chi connectivity index (χ0v) is 9.17. The summed E-state index contributed by atoms with van der Waals surface area (Å²) in [7, 11) is -3.31. The van der Waals surface area contributed by atoms with E-state index in [0.29, 0.717) is 0 Å². The van der Waals surface area contributed by atoms with Crippen LogP contribution in [-0.2, 0) is 9.84 Å². The predicted molar refractivity (Wildman–Crippen MR) is 55.1 cm³/mol. The number of rotatable bonds is 4. The maximum atomic E-state index is 13.1. The van der Waals surface area contributed by atoms with Crippen LogP contribution in [0.3, 0.4) is 0 Å². The molecule has 0 saturated heterocycles. The fourth-order valence-electron chi connectivity index (χ4n) is 1.17. The van der Waals surface area contributed by atoms with Crippen LogP contribution in [-0.4, -0.2) is 25.9 Å². The summed E-state index contributed by atoms with van der Waals surface area (Å²) in [5.74, 6) is -0.0213. The fourth-order valence-corrected chi connectivity index (χ4v) is 2.11. The molecule has 0 heterocycles. The van der Waals surface area contributed by atoms with E-state index < -0.39 is 22.6 Å². The van der Waals surface area contributed by atoms with Gasteiger partial charge in [0, 0.05) is 0 Å². The Hall–Kier alpha value is -0.940. The summed E-state index contributed by atoms with van der Waals surface area (Å²) in [5, 5.41) is 8.61. The molecule has 0 aromatic heterocycles. The largest absolute Gasteiger partial charge is 0.393 e. The second-order valence-electron chi connectivity index (χ2n) is 3.13. The van der Waals surface area contributed by atoms with Crippen molar-refractivity contribution in [2.24, 2.45) is 0 Å². The van der Waals surface area contributed by atoms with E-state index in [0.717, 1.165) is 0 Å². The Morgan fingerprint density at radius 3 is 2.67 bits per heavy atom. The molecule has 0 fully saturated rings. The summed E-state index contributed by atoms with van der Waals surface area (Å²) in [4.78, 5) is 0.0959. The van der Waals surface area contributed by atoms with Crippen molar-refractivity contribution >= 4 is 9.84 Å². The van der Waals surface area contributed by atoms with Crippen LogP contribution in [0, 0.1) is 0 Å². The standard InChI is InChI=1S/C10H13FO3S/c1-2-15(13,14)9-5-3-4-8(6-9)10(11)7-12/h3-6,10,12H,2,7H2,1H3. The van der Waals surface area contributed by atoms with Gasteiger partial charge < -0.3 is 5.11 Å². The highest BCUT2D eigenvalue weighted by atomic mass is 32.2. The number of benzene rings is 1. The molecule has 1 atom stereocenters. The third-order valence-electron chi connectivity index (χ3n) is 2.12. The van der Waals surface area contributed by atoms with E-state index in [2.05, 4.69) is 0 Å². The molecular weight excluding hydrogens is 219 g/mol. The first-order valence-electron chi connectivity index (χ1n) is 4.59. The first-order chi connectivity index (χ1) is 7.01. The summed E-state index contributed by atoms with van der Waals surface area (Å²) in [6.45, 7) is 0.886. The Morgan fingerprint density at radius 1 is 1.47 bits per heavy atom. The molecule has 1 N–H and O–H groups in total. The van der Waals surface area contributed by atoms with Crippen molar-refractivity contribution in [2.45, 2.75) is 18.0 Å². The van der Waals surface area contributed by atoms with Gasteiger partial charge >= 0.3 is 0 Å². The number of aliphatic hydroxyl groups is 1. The van der Waals surface area contributed by atoms with Crippen molar-refractivity contribution < 1.29 is 17.9 Å². The second kappa shape index (κ2) is 4.72. The van der Waals surface area contributed by atoms with E-state index in [1.807, 2.05) is 0 Å². The van der Waals surface area contributed by atoms with Gasteiger partial charge in [-0.15, -0.1) is 0 Å². The normalized spacial score (nSPS) is 13.8. The van der Waals surface area contributed by atoms with Crippen LogP contribution < -0.4 is 0 Å². The van der Waals surface area contributed by atoms with E-state index >= 15 is 0 Å². The molecular formula is C10H13FO3S. The highest BCUT2D eigenvalue weighted by Crippen LogP contribution is 2.20. The molecule has 5 heteroatoms. The van der Waals surface area contributed by atoms with Crippen LogP contribution in [0.5, 0.6) is 0 Å². The second-order valence-corrected chi connectivity index (χ2v) is 5.40. The van der Waals surface area contributed by atoms with Crippen LogP contribution in [0.15, 0.2) is 29.2 Å². The molecule has 0 amide bonds. The highest BCUT2D eigenvalue weighted by molar-refractivity contribution is 7.91. The van der Waals surface area contributed by atoms with Gasteiger partial charge in [-0.2, -0.15) is 0 Å². The number of aliphatic hydroxyl groups excluding tert-OH is 1. The predicted octanol–water partition coefficient (Wildman–Crippen LogP) is 1.48. The molecule has 15 heavy (non-hydrogen) atoms. The van der Waals surface area contributed by atoms with Gasteiger partial charge in [-0.25, -0.2) is 12.8 Å². The molecule has 0 aliphatic rings. The summed E-state index contributed by atoms with van der Waals surface area (Å²) in [5.41, 5.74) is 0.187. The Balaban J connectivity index is 3.14. The van der Waals surface area contributed by atoms with Gasteiger partial charge in [-0.05, 0) is 17.7 Å². The molecule has 0 aliphatic heterocycles. The molecule has 0 aliphatic carbocycles. The maximum absolute atomic E-state index is 13.1. The minimum Gasteiger partial charge on any atom is -0.393 e. The Morgan fingerprint density at radius 2 is 2.13 bits per heavy atom. The first kappa shape index (κ1) is 12.1. The molecule has 0 spiro atoms. The van der Waals surface area contributed by atoms with Gasteiger partial charge in [-0.1, -0.05) is 19.1 Å². The summed E-state index contributed by atoms with van der Waals surface area (Å²) >= 11 is 0. The SMILES string of the molecule is CCS(=O)(=O)c1cccc(C(F)CO)c1. The number of alkyl halides is 1. The van der Waals surface area contributed by atoms with Crippen LogP contribution >= 0.6 is 0 Å². The maximum Gasteiger partial charge on any atom is 0.178 e. The van der Waals surface area contributed by atoms with Crippen molar-refractivity contribution in [2.75, 3.05) is 12.4 Å². The lowest BCUT2D eigenvalue weighted by Gasteiger charge is -2.07. The minimum atomic E-state index is -3.31. The van der Waals surface area contributed by atoms with Crippen LogP contribution in [0.1, 0.15) is 18.7 Å². The van der Waals surface area contributed by atoms with E-state index in [1.165, 1.54) is 31.2 Å². The van der Waals surface area contributed by atoms with Crippen molar-refractivity contribution in [3.8, 4) is 0 Å². The molecule has 0 saturated carbocycles. The zero-order valence-electron chi connectivity index (χ0n) is 8.35. The lowest BCUT2D eigenvalue weighted by atomic mass is 10.1. The van der Waals surface area contributed by atoms with Crippen LogP contribution in [0.25, 0.3) is 0 Å². The Bertz CT molecular complexity index is 428. The molecule has 0 radical (unpaired) electrons. The van der Waals surface area contributed by atoms with Gasteiger partial charge in [-0.3, -0.25) is 0 Å². The third-order valence-corrected chi connectivity index (χ3v) is 3.85. The first-order valence-corrected chi connectivity index (χ1v) is 6.24. The van der Waals surface area contributed by atoms with Crippen molar-refractivity contribution in [3.63, 3.8) is 0 Å². The van der Waals surface area contributed by atoms with E-state index in [-0.39, 0.29) is 16.2 Å². The zero-order chi connectivity index (χ0) is 11.5. The van der Waals surface area contributed by atoms with E-state index in [4.69, 9.17) is 5.11 Å². The Kier molecular flexibility index (Phi) is 3.82.